The highest BCUT2D eigenvalue weighted by Crippen LogP contribution is 2.39. The van der Waals surface area contributed by atoms with Gasteiger partial charge in [-0.3, -0.25) is 0 Å². The molecule has 0 radical (unpaired) electrons. The van der Waals surface area contributed by atoms with E-state index in [1.807, 2.05) is 27.8 Å². The van der Waals surface area contributed by atoms with E-state index in [-0.39, 0.29) is 0 Å². The van der Waals surface area contributed by atoms with Gasteiger partial charge in [-0.25, -0.2) is 9.97 Å². The molecule has 1 fully saturated rings. The maximum Gasteiger partial charge on any atom is 0.136 e. The van der Waals surface area contributed by atoms with Crippen molar-refractivity contribution >= 4 is 11.6 Å². The van der Waals surface area contributed by atoms with Crippen molar-refractivity contribution in [3.8, 4) is 0 Å². The Morgan fingerprint density at radius 1 is 1.32 bits per heavy atom. The van der Waals surface area contributed by atoms with Gasteiger partial charge < -0.3 is 15.7 Å². The number of nitrogens with one attached hydrogen (secondary N) is 2. The molecule has 5 heteroatoms. The van der Waals surface area contributed by atoms with Crippen LogP contribution in [-0.2, 0) is 0 Å². The number of hydrogen-bond donors (Lipinski definition) is 3. The Morgan fingerprint density at radius 2 is 1.95 bits per heavy atom. The lowest BCUT2D eigenvalue weighted by Crippen LogP contribution is -2.33. The molecule has 0 aliphatic heterocycles. The SMILES string of the molecule is CCC(C)(O)CNc1nc(C2CC2)nc(NC)c1C. The Bertz CT molecular complexity index is 455. The second-order valence-corrected chi connectivity index (χ2v) is 5.63. The van der Waals surface area contributed by atoms with Crippen LogP contribution in [0.4, 0.5) is 11.6 Å². The predicted molar refractivity (Wildman–Crippen MR) is 77.7 cm³/mol. The fraction of sp³-hybridized carbons (Fsp3) is 0.714. The van der Waals surface area contributed by atoms with Gasteiger partial charge in [-0.1, -0.05) is 6.92 Å². The van der Waals surface area contributed by atoms with Gasteiger partial charge in [0.2, 0.25) is 0 Å². The second kappa shape index (κ2) is 5.33. The van der Waals surface area contributed by atoms with Crippen molar-refractivity contribution in [3.63, 3.8) is 0 Å². The van der Waals surface area contributed by atoms with Crippen molar-refractivity contribution in [3.05, 3.63) is 11.4 Å². The minimum absolute atomic E-state index is 0.495. The maximum absolute atomic E-state index is 10.1. The highest BCUT2D eigenvalue weighted by Gasteiger charge is 2.28. The van der Waals surface area contributed by atoms with Gasteiger partial charge in [0.15, 0.2) is 0 Å². The van der Waals surface area contributed by atoms with E-state index in [0.717, 1.165) is 23.0 Å². The van der Waals surface area contributed by atoms with Gasteiger partial charge in [0, 0.05) is 25.1 Å². The van der Waals surface area contributed by atoms with Crippen molar-refractivity contribution in [2.45, 2.75) is 51.6 Å². The van der Waals surface area contributed by atoms with Crippen LogP contribution in [0.5, 0.6) is 0 Å². The molecule has 3 N–H and O–H groups in total. The van der Waals surface area contributed by atoms with Gasteiger partial charge in [0.1, 0.15) is 17.5 Å². The predicted octanol–water partition coefficient (Wildman–Crippen LogP) is 2.28. The summed E-state index contributed by atoms with van der Waals surface area (Å²) in [6.45, 7) is 6.29. The van der Waals surface area contributed by atoms with E-state index in [1.54, 1.807) is 0 Å². The molecule has 0 bridgehead atoms. The number of aliphatic hydroxyl groups is 1. The van der Waals surface area contributed by atoms with Crippen LogP contribution < -0.4 is 10.6 Å². The molecule has 1 unspecified atom stereocenters. The standard InChI is InChI=1S/C14H24N4O/c1-5-14(3,19)8-16-12-9(2)11(15-4)17-13(18-12)10-6-7-10/h10,19H,5-8H2,1-4H3,(H2,15,16,17,18). The van der Waals surface area contributed by atoms with Crippen LogP contribution in [0.15, 0.2) is 0 Å². The fourth-order valence-corrected chi connectivity index (χ4v) is 1.87. The Labute approximate surface area is 114 Å². The molecule has 1 heterocycles. The molecule has 19 heavy (non-hydrogen) atoms. The van der Waals surface area contributed by atoms with Crippen molar-refractivity contribution in [1.29, 1.82) is 0 Å². The quantitative estimate of drug-likeness (QED) is 0.735. The number of nitrogens with zero attached hydrogens (tertiary/aromatic N) is 2. The Hall–Kier alpha value is -1.36. The minimum atomic E-state index is -0.711. The first-order valence-corrected chi connectivity index (χ1v) is 6.99. The van der Waals surface area contributed by atoms with Crippen LogP contribution in [-0.4, -0.2) is 34.3 Å². The summed E-state index contributed by atoms with van der Waals surface area (Å²) in [5.41, 5.74) is 0.288. The van der Waals surface area contributed by atoms with Crippen LogP contribution in [0.2, 0.25) is 0 Å². The highest BCUT2D eigenvalue weighted by atomic mass is 16.3. The van der Waals surface area contributed by atoms with Crippen LogP contribution in [0, 0.1) is 6.92 Å². The molecular weight excluding hydrogens is 240 g/mol. The van der Waals surface area contributed by atoms with Crippen LogP contribution in [0.1, 0.15) is 50.4 Å². The van der Waals surface area contributed by atoms with E-state index in [9.17, 15) is 5.11 Å². The van der Waals surface area contributed by atoms with Gasteiger partial charge >= 0.3 is 0 Å². The summed E-state index contributed by atoms with van der Waals surface area (Å²) in [5, 5.41) is 16.4. The average molecular weight is 264 g/mol. The number of rotatable bonds is 6. The van der Waals surface area contributed by atoms with Gasteiger partial charge in [0.25, 0.3) is 0 Å². The largest absolute Gasteiger partial charge is 0.388 e. The van der Waals surface area contributed by atoms with Gasteiger partial charge in [-0.15, -0.1) is 0 Å². The third-order valence-electron chi connectivity index (χ3n) is 3.74. The first kappa shape index (κ1) is 14.1. The summed E-state index contributed by atoms with van der Waals surface area (Å²) in [7, 11) is 1.87. The van der Waals surface area contributed by atoms with Crippen LogP contribution >= 0.6 is 0 Å². The van der Waals surface area contributed by atoms with Gasteiger partial charge in [0.05, 0.1) is 5.60 Å². The van der Waals surface area contributed by atoms with E-state index in [1.165, 1.54) is 12.8 Å². The molecular formula is C14H24N4O. The van der Waals surface area contributed by atoms with Crippen molar-refractivity contribution < 1.29 is 5.11 Å². The lowest BCUT2D eigenvalue weighted by molar-refractivity contribution is 0.0696. The molecule has 1 saturated carbocycles. The summed E-state index contributed by atoms with van der Waals surface area (Å²) < 4.78 is 0. The first-order valence-electron chi connectivity index (χ1n) is 6.99. The van der Waals surface area contributed by atoms with Crippen LogP contribution in [0.25, 0.3) is 0 Å². The normalized spacial score (nSPS) is 17.9. The van der Waals surface area contributed by atoms with E-state index in [2.05, 4.69) is 20.6 Å². The smallest absolute Gasteiger partial charge is 0.136 e. The highest BCUT2D eigenvalue weighted by molar-refractivity contribution is 5.57. The molecule has 1 aromatic rings. The molecule has 1 aliphatic carbocycles. The lowest BCUT2D eigenvalue weighted by Gasteiger charge is -2.23. The zero-order chi connectivity index (χ0) is 14.0. The third kappa shape index (κ3) is 3.35. The van der Waals surface area contributed by atoms with Crippen LogP contribution in [0.3, 0.4) is 0 Å². The number of hydrogen-bond acceptors (Lipinski definition) is 5. The fourth-order valence-electron chi connectivity index (χ4n) is 1.87. The van der Waals surface area contributed by atoms with Crippen molar-refractivity contribution in [1.82, 2.24) is 9.97 Å². The first-order chi connectivity index (χ1) is 8.96. The van der Waals surface area contributed by atoms with Crippen molar-refractivity contribution in [2.24, 2.45) is 0 Å². The summed E-state index contributed by atoms with van der Waals surface area (Å²) in [6.07, 6.45) is 3.06. The van der Waals surface area contributed by atoms with E-state index < -0.39 is 5.60 Å². The summed E-state index contributed by atoms with van der Waals surface area (Å²) >= 11 is 0. The molecule has 0 amide bonds. The third-order valence-corrected chi connectivity index (χ3v) is 3.74. The molecule has 5 nitrogen and oxygen atoms in total. The average Bonchev–Trinajstić information content (AvgIpc) is 3.22. The molecule has 0 spiro atoms. The zero-order valence-electron chi connectivity index (χ0n) is 12.2. The summed E-state index contributed by atoms with van der Waals surface area (Å²) in [5.74, 6) is 3.12. The Morgan fingerprint density at radius 3 is 2.47 bits per heavy atom. The molecule has 2 rings (SSSR count). The monoisotopic (exact) mass is 264 g/mol. The Balaban J connectivity index is 2.20. The lowest BCUT2D eigenvalue weighted by atomic mass is 10.0. The molecule has 1 aliphatic rings. The molecule has 0 aromatic carbocycles. The van der Waals surface area contributed by atoms with E-state index >= 15 is 0 Å². The molecule has 1 aromatic heterocycles. The number of anilines is 2. The van der Waals surface area contributed by atoms with Gasteiger partial charge in [-0.2, -0.15) is 0 Å². The second-order valence-electron chi connectivity index (χ2n) is 5.63. The van der Waals surface area contributed by atoms with E-state index in [4.69, 9.17) is 0 Å². The molecule has 1 atom stereocenters. The van der Waals surface area contributed by atoms with Gasteiger partial charge in [-0.05, 0) is 33.1 Å². The maximum atomic E-state index is 10.1. The van der Waals surface area contributed by atoms with Crippen molar-refractivity contribution in [2.75, 3.05) is 24.2 Å². The zero-order valence-corrected chi connectivity index (χ0v) is 12.2. The minimum Gasteiger partial charge on any atom is -0.388 e. The summed E-state index contributed by atoms with van der Waals surface area (Å²) in [6, 6.07) is 0. The molecule has 106 valence electrons. The topological polar surface area (TPSA) is 70.1 Å². The Kier molecular flexibility index (Phi) is 3.94. The van der Waals surface area contributed by atoms with E-state index in [0.29, 0.717) is 18.9 Å². The summed E-state index contributed by atoms with van der Waals surface area (Å²) in [4.78, 5) is 9.16. The molecule has 0 saturated heterocycles. The number of aromatic nitrogens is 2.